The molecule has 0 radical (unpaired) electrons. The van der Waals surface area contributed by atoms with Crippen molar-refractivity contribution in [1.82, 2.24) is 0 Å². The molecule has 0 bridgehead atoms. The minimum Gasteiger partial charge on any atom is -0.457 e. The van der Waals surface area contributed by atoms with Gasteiger partial charge < -0.3 is 9.15 Å². The van der Waals surface area contributed by atoms with Crippen LogP contribution in [0.2, 0.25) is 0 Å². The maximum Gasteiger partial charge on any atom is 0.310 e. The third-order valence-electron chi connectivity index (χ3n) is 3.53. The highest BCUT2D eigenvalue weighted by atomic mass is 16.5. The van der Waals surface area contributed by atoms with Gasteiger partial charge in [-0.05, 0) is 24.6 Å². The predicted octanol–water partition coefficient (Wildman–Crippen LogP) is 3.71. The molecule has 0 amide bonds. The predicted molar refractivity (Wildman–Crippen MR) is 86.4 cm³/mol. The second-order valence-electron chi connectivity index (χ2n) is 5.39. The van der Waals surface area contributed by atoms with E-state index in [9.17, 15) is 9.59 Å². The summed E-state index contributed by atoms with van der Waals surface area (Å²) in [6, 6.07) is 16.6. The van der Waals surface area contributed by atoms with Crippen LogP contribution in [0.5, 0.6) is 0 Å². The van der Waals surface area contributed by atoms with Crippen LogP contribution in [0, 0.1) is 6.92 Å². The van der Waals surface area contributed by atoms with Crippen molar-refractivity contribution in [2.75, 3.05) is 6.61 Å². The Balaban J connectivity index is 1.57. The van der Waals surface area contributed by atoms with Crippen molar-refractivity contribution >= 4 is 22.7 Å². The van der Waals surface area contributed by atoms with Gasteiger partial charge in [0.2, 0.25) is 5.78 Å². The Labute approximate surface area is 133 Å². The van der Waals surface area contributed by atoms with Gasteiger partial charge in [0.25, 0.3) is 0 Å². The lowest BCUT2D eigenvalue weighted by molar-refractivity contribution is -0.141. The van der Waals surface area contributed by atoms with Gasteiger partial charge >= 0.3 is 5.97 Å². The van der Waals surface area contributed by atoms with Crippen LogP contribution in [0.25, 0.3) is 11.0 Å². The number of furan rings is 1. The Morgan fingerprint density at radius 1 is 1.04 bits per heavy atom. The molecule has 1 aromatic heterocycles. The molecule has 23 heavy (non-hydrogen) atoms. The van der Waals surface area contributed by atoms with Gasteiger partial charge in [-0.25, -0.2) is 0 Å². The van der Waals surface area contributed by atoms with Gasteiger partial charge in [-0.3, -0.25) is 9.59 Å². The summed E-state index contributed by atoms with van der Waals surface area (Å²) < 4.78 is 10.5. The van der Waals surface area contributed by atoms with Crippen molar-refractivity contribution in [1.29, 1.82) is 0 Å². The molecule has 116 valence electrons. The van der Waals surface area contributed by atoms with E-state index in [0.29, 0.717) is 5.58 Å². The second kappa shape index (κ2) is 6.48. The Hall–Kier alpha value is -2.88. The monoisotopic (exact) mass is 308 g/mol. The summed E-state index contributed by atoms with van der Waals surface area (Å²) in [7, 11) is 0. The van der Waals surface area contributed by atoms with Crippen LogP contribution in [0.1, 0.15) is 21.7 Å². The molecular formula is C19H16O4. The van der Waals surface area contributed by atoms with Gasteiger partial charge in [0.05, 0.1) is 6.42 Å². The number of ether oxygens (including phenoxy) is 1. The minimum atomic E-state index is -0.432. The Morgan fingerprint density at radius 3 is 2.52 bits per heavy atom. The molecule has 3 aromatic rings. The highest BCUT2D eigenvalue weighted by Gasteiger charge is 2.14. The fourth-order valence-electron chi connectivity index (χ4n) is 2.26. The molecule has 1 heterocycles. The molecule has 4 nitrogen and oxygen atoms in total. The fourth-order valence-corrected chi connectivity index (χ4v) is 2.26. The topological polar surface area (TPSA) is 56.5 Å². The summed E-state index contributed by atoms with van der Waals surface area (Å²) in [6.07, 6.45) is 0.147. The van der Waals surface area contributed by atoms with Gasteiger partial charge in [0.15, 0.2) is 12.4 Å². The molecule has 0 spiro atoms. The quantitative estimate of drug-likeness (QED) is 0.532. The van der Waals surface area contributed by atoms with E-state index in [4.69, 9.17) is 9.15 Å². The van der Waals surface area contributed by atoms with Crippen molar-refractivity contribution in [2.24, 2.45) is 0 Å². The van der Waals surface area contributed by atoms with E-state index in [-0.39, 0.29) is 24.6 Å². The summed E-state index contributed by atoms with van der Waals surface area (Å²) in [6.45, 7) is 1.67. The number of fused-ring (bicyclic) bond motifs is 1. The largest absolute Gasteiger partial charge is 0.457 e. The van der Waals surface area contributed by atoms with Crippen LogP contribution in [-0.4, -0.2) is 18.4 Å². The number of Topliss-reactive ketones (excluding diaryl/α,β-unsaturated/α-hetero) is 1. The van der Waals surface area contributed by atoms with E-state index in [1.807, 2.05) is 49.4 Å². The van der Waals surface area contributed by atoms with Crippen LogP contribution in [0.3, 0.4) is 0 Å². The molecule has 4 heteroatoms. The van der Waals surface area contributed by atoms with Gasteiger partial charge in [0, 0.05) is 5.39 Å². The molecule has 0 aliphatic carbocycles. The third-order valence-corrected chi connectivity index (χ3v) is 3.53. The Morgan fingerprint density at radius 2 is 1.78 bits per heavy atom. The normalized spacial score (nSPS) is 10.7. The van der Waals surface area contributed by atoms with Crippen molar-refractivity contribution in [3.8, 4) is 0 Å². The van der Waals surface area contributed by atoms with Crippen LogP contribution < -0.4 is 0 Å². The first-order valence-corrected chi connectivity index (χ1v) is 7.35. The van der Waals surface area contributed by atoms with E-state index < -0.39 is 5.97 Å². The highest BCUT2D eigenvalue weighted by molar-refractivity contribution is 5.99. The fraction of sp³-hybridized carbons (Fsp3) is 0.158. The van der Waals surface area contributed by atoms with Gasteiger partial charge in [-0.2, -0.15) is 0 Å². The van der Waals surface area contributed by atoms with E-state index >= 15 is 0 Å². The standard InChI is InChI=1S/C19H16O4/c1-13-6-8-14(9-7-13)10-19(21)22-12-16(20)18-11-15-4-2-3-5-17(15)23-18/h2-9,11H,10,12H2,1H3. The Bertz CT molecular complexity index is 810. The maximum absolute atomic E-state index is 12.0. The van der Waals surface area contributed by atoms with Gasteiger partial charge in [-0.1, -0.05) is 48.0 Å². The van der Waals surface area contributed by atoms with E-state index in [2.05, 4.69) is 0 Å². The lowest BCUT2D eigenvalue weighted by Crippen LogP contribution is -2.15. The molecule has 0 unspecified atom stereocenters. The van der Waals surface area contributed by atoms with E-state index in [1.54, 1.807) is 12.1 Å². The SMILES string of the molecule is Cc1ccc(CC(=O)OCC(=O)c2cc3ccccc3o2)cc1. The average Bonchev–Trinajstić information content (AvgIpc) is 2.99. The van der Waals surface area contributed by atoms with Crippen LogP contribution in [0.4, 0.5) is 0 Å². The Kier molecular flexibility index (Phi) is 4.24. The molecule has 0 saturated heterocycles. The molecule has 0 fully saturated rings. The summed E-state index contributed by atoms with van der Waals surface area (Å²) in [5.41, 5.74) is 2.63. The number of hydrogen-bond donors (Lipinski definition) is 0. The summed E-state index contributed by atoms with van der Waals surface area (Å²) >= 11 is 0. The molecule has 2 aromatic carbocycles. The van der Waals surface area contributed by atoms with Crippen molar-refractivity contribution in [2.45, 2.75) is 13.3 Å². The molecule has 0 aliphatic rings. The summed E-state index contributed by atoms with van der Waals surface area (Å²) in [5, 5.41) is 0.849. The van der Waals surface area contributed by atoms with Crippen LogP contribution >= 0.6 is 0 Å². The zero-order valence-corrected chi connectivity index (χ0v) is 12.7. The number of rotatable bonds is 5. The average molecular weight is 308 g/mol. The number of carbonyl (C=O) groups is 2. The van der Waals surface area contributed by atoms with E-state index in [0.717, 1.165) is 16.5 Å². The van der Waals surface area contributed by atoms with Crippen molar-refractivity contribution < 1.29 is 18.7 Å². The van der Waals surface area contributed by atoms with Gasteiger partial charge in [0.1, 0.15) is 5.58 Å². The third kappa shape index (κ3) is 3.66. The summed E-state index contributed by atoms with van der Waals surface area (Å²) in [5.74, 6) is -0.578. The van der Waals surface area contributed by atoms with E-state index in [1.165, 1.54) is 0 Å². The number of ketones is 1. The number of aryl methyl sites for hydroxylation is 1. The maximum atomic E-state index is 12.0. The molecule has 0 aliphatic heterocycles. The number of carbonyl (C=O) groups excluding carboxylic acids is 2. The first-order chi connectivity index (χ1) is 11.1. The second-order valence-corrected chi connectivity index (χ2v) is 5.39. The highest BCUT2D eigenvalue weighted by Crippen LogP contribution is 2.19. The number of para-hydroxylation sites is 1. The van der Waals surface area contributed by atoms with Crippen molar-refractivity contribution in [3.63, 3.8) is 0 Å². The smallest absolute Gasteiger partial charge is 0.310 e. The lowest BCUT2D eigenvalue weighted by Gasteiger charge is -2.03. The minimum absolute atomic E-state index is 0.147. The molecule has 0 N–H and O–H groups in total. The van der Waals surface area contributed by atoms with Crippen molar-refractivity contribution in [3.05, 3.63) is 71.5 Å². The summed E-state index contributed by atoms with van der Waals surface area (Å²) in [4.78, 5) is 23.8. The van der Waals surface area contributed by atoms with Gasteiger partial charge in [-0.15, -0.1) is 0 Å². The number of benzene rings is 2. The molecule has 3 rings (SSSR count). The number of esters is 1. The van der Waals surface area contributed by atoms with Crippen LogP contribution in [-0.2, 0) is 16.0 Å². The molecule has 0 atom stereocenters. The first-order valence-electron chi connectivity index (χ1n) is 7.35. The number of hydrogen-bond acceptors (Lipinski definition) is 4. The molecule has 0 saturated carbocycles. The molecular weight excluding hydrogens is 292 g/mol. The first kappa shape index (κ1) is 15.0. The zero-order valence-electron chi connectivity index (χ0n) is 12.7. The van der Waals surface area contributed by atoms with Crippen LogP contribution in [0.15, 0.2) is 59.0 Å². The zero-order chi connectivity index (χ0) is 16.2. The lowest BCUT2D eigenvalue weighted by atomic mass is 10.1.